The lowest BCUT2D eigenvalue weighted by molar-refractivity contribution is -0.130. The maximum Gasteiger partial charge on any atom is 0.242 e. The summed E-state index contributed by atoms with van der Waals surface area (Å²) in [4.78, 5) is 41.7. The topological polar surface area (TPSA) is 103 Å². The van der Waals surface area contributed by atoms with Crippen LogP contribution in [0, 0.1) is 0 Å². The van der Waals surface area contributed by atoms with Crippen LogP contribution in [0.15, 0.2) is 61.1 Å². The van der Waals surface area contributed by atoms with E-state index in [9.17, 15) is 9.59 Å². The summed E-state index contributed by atoms with van der Waals surface area (Å²) in [6.45, 7) is 3.13. The fraction of sp³-hybridized carbons (Fsp3) is 0.231. The van der Waals surface area contributed by atoms with Crippen LogP contribution < -0.4 is 10.1 Å². The van der Waals surface area contributed by atoms with Crippen molar-refractivity contribution in [3.05, 3.63) is 77.2 Å². The van der Waals surface area contributed by atoms with Crippen molar-refractivity contribution in [2.75, 3.05) is 45.1 Å². The summed E-state index contributed by atoms with van der Waals surface area (Å²) >= 11 is 6.49. The number of carbonyl (C=O) groups excluding carboxylic acids is 2. The average molecular weight is 505 g/mol. The molecule has 2 N–H and O–H groups in total. The first-order valence-electron chi connectivity index (χ1n) is 11.6. The van der Waals surface area contributed by atoms with Crippen molar-refractivity contribution < 1.29 is 14.3 Å². The van der Waals surface area contributed by atoms with Gasteiger partial charge in [0.25, 0.3) is 0 Å². The van der Waals surface area contributed by atoms with Gasteiger partial charge in [-0.1, -0.05) is 29.8 Å². The zero-order valence-corrected chi connectivity index (χ0v) is 20.5. The molecule has 36 heavy (non-hydrogen) atoms. The van der Waals surface area contributed by atoms with E-state index < -0.39 is 0 Å². The Morgan fingerprint density at radius 3 is 2.56 bits per heavy atom. The molecule has 1 saturated heterocycles. The van der Waals surface area contributed by atoms with Gasteiger partial charge in [-0.05, 0) is 31.3 Å². The van der Waals surface area contributed by atoms with Crippen LogP contribution in [0.25, 0.3) is 11.0 Å². The number of halogens is 1. The van der Waals surface area contributed by atoms with E-state index in [1.54, 1.807) is 24.4 Å². The molecule has 5 rings (SSSR count). The van der Waals surface area contributed by atoms with Gasteiger partial charge in [-0.15, -0.1) is 0 Å². The smallest absolute Gasteiger partial charge is 0.242 e. The molecule has 2 aromatic carbocycles. The second-order valence-electron chi connectivity index (χ2n) is 8.57. The van der Waals surface area contributed by atoms with E-state index in [0.29, 0.717) is 52.6 Å². The molecule has 0 unspecified atom stereocenters. The Hall–Kier alpha value is -3.95. The first-order chi connectivity index (χ1) is 17.5. The molecule has 0 spiro atoms. The van der Waals surface area contributed by atoms with Crippen LogP contribution in [0.2, 0.25) is 5.02 Å². The third kappa shape index (κ3) is 5.02. The number of fused-ring (bicyclic) bond motifs is 1. The van der Waals surface area contributed by atoms with E-state index in [2.05, 4.69) is 25.2 Å². The van der Waals surface area contributed by atoms with E-state index in [4.69, 9.17) is 16.3 Å². The number of hydrogen-bond donors (Lipinski definition) is 2. The predicted molar refractivity (Wildman–Crippen MR) is 138 cm³/mol. The van der Waals surface area contributed by atoms with E-state index in [1.807, 2.05) is 42.3 Å². The monoisotopic (exact) mass is 504 g/mol. The second kappa shape index (κ2) is 10.3. The largest absolute Gasteiger partial charge is 0.457 e. The molecule has 9 nitrogen and oxygen atoms in total. The molecule has 184 valence electrons. The Labute approximate surface area is 213 Å². The molecule has 1 aliphatic heterocycles. The zero-order valence-electron chi connectivity index (χ0n) is 19.7. The van der Waals surface area contributed by atoms with Crippen molar-refractivity contribution in [2.45, 2.75) is 0 Å². The van der Waals surface area contributed by atoms with Crippen LogP contribution in [0.4, 0.5) is 5.82 Å². The lowest BCUT2D eigenvalue weighted by Crippen LogP contribution is -2.48. The number of para-hydroxylation sites is 1. The maximum atomic E-state index is 13.5. The number of piperazine rings is 1. The van der Waals surface area contributed by atoms with Crippen LogP contribution >= 0.6 is 11.6 Å². The van der Waals surface area contributed by atoms with Crippen molar-refractivity contribution in [2.24, 2.45) is 0 Å². The molecule has 3 heterocycles. The summed E-state index contributed by atoms with van der Waals surface area (Å²) in [6.07, 6.45) is 2.97. The molecule has 0 radical (unpaired) electrons. The second-order valence-corrected chi connectivity index (χ2v) is 8.98. The fourth-order valence-electron chi connectivity index (χ4n) is 4.12. The van der Waals surface area contributed by atoms with Gasteiger partial charge in [0.15, 0.2) is 5.78 Å². The summed E-state index contributed by atoms with van der Waals surface area (Å²) in [6, 6.07) is 14.3. The predicted octanol–water partition coefficient (Wildman–Crippen LogP) is 3.82. The van der Waals surface area contributed by atoms with E-state index in [1.165, 1.54) is 6.33 Å². The number of likely N-dealkylation sites (N-methyl/N-ethyl adjacent to an activating group) is 1. The van der Waals surface area contributed by atoms with Gasteiger partial charge in [0.2, 0.25) is 5.91 Å². The lowest BCUT2D eigenvalue weighted by atomic mass is 10.0. The number of amides is 1. The third-order valence-corrected chi connectivity index (χ3v) is 6.45. The highest BCUT2D eigenvalue weighted by Crippen LogP contribution is 2.31. The summed E-state index contributed by atoms with van der Waals surface area (Å²) in [7, 11) is 2.04. The minimum absolute atomic E-state index is 0.0182. The van der Waals surface area contributed by atoms with E-state index in [-0.39, 0.29) is 23.3 Å². The van der Waals surface area contributed by atoms with Gasteiger partial charge in [-0.2, -0.15) is 0 Å². The molecule has 2 aromatic heterocycles. The van der Waals surface area contributed by atoms with Gasteiger partial charge in [0, 0.05) is 44.0 Å². The molecule has 0 atom stereocenters. The Morgan fingerprint density at radius 2 is 1.81 bits per heavy atom. The molecule has 0 bridgehead atoms. The standard InChI is InChI=1S/C26H25ClN6O3/c1-32-9-11-33(12-10-32)22(34)15-29-26-23-20(14-28-25(23)30-16-31-26)24(35)19-8-7-18(13-21(19)27)36-17-5-3-2-4-6-17/h2-8,13-14,16H,9-12,15H2,1H3,(H2,28,29,30,31). The van der Waals surface area contributed by atoms with Gasteiger partial charge in [-0.25, -0.2) is 9.97 Å². The fourth-order valence-corrected chi connectivity index (χ4v) is 4.37. The van der Waals surface area contributed by atoms with Crippen molar-refractivity contribution in [1.82, 2.24) is 24.8 Å². The number of benzene rings is 2. The molecular weight excluding hydrogens is 480 g/mol. The first kappa shape index (κ1) is 23.8. The summed E-state index contributed by atoms with van der Waals surface area (Å²) < 4.78 is 5.81. The molecule has 1 amide bonds. The van der Waals surface area contributed by atoms with Gasteiger partial charge in [-0.3, -0.25) is 9.59 Å². The number of carbonyl (C=O) groups is 2. The summed E-state index contributed by atoms with van der Waals surface area (Å²) in [5, 5.41) is 3.87. The highest BCUT2D eigenvalue weighted by atomic mass is 35.5. The number of ketones is 1. The minimum Gasteiger partial charge on any atom is -0.457 e. The quantitative estimate of drug-likeness (QED) is 0.369. The van der Waals surface area contributed by atoms with Crippen LogP contribution in [0.5, 0.6) is 11.5 Å². The van der Waals surface area contributed by atoms with Gasteiger partial charge in [0.05, 0.1) is 22.5 Å². The normalized spacial score (nSPS) is 14.1. The average Bonchev–Trinajstić information content (AvgIpc) is 3.33. The first-order valence-corrected chi connectivity index (χ1v) is 12.0. The van der Waals surface area contributed by atoms with E-state index >= 15 is 0 Å². The highest BCUT2D eigenvalue weighted by molar-refractivity contribution is 6.35. The molecule has 10 heteroatoms. The number of hydrogen-bond acceptors (Lipinski definition) is 7. The Bertz CT molecular complexity index is 1400. The molecule has 1 aliphatic rings. The van der Waals surface area contributed by atoms with Crippen molar-refractivity contribution in [3.8, 4) is 11.5 Å². The Kier molecular flexibility index (Phi) is 6.84. The Balaban J connectivity index is 1.36. The van der Waals surface area contributed by atoms with Crippen molar-refractivity contribution in [1.29, 1.82) is 0 Å². The van der Waals surface area contributed by atoms with Crippen LogP contribution in [0.1, 0.15) is 15.9 Å². The molecular formula is C26H25ClN6O3. The van der Waals surface area contributed by atoms with Gasteiger partial charge >= 0.3 is 0 Å². The van der Waals surface area contributed by atoms with Crippen LogP contribution in [0.3, 0.4) is 0 Å². The molecule has 0 aliphatic carbocycles. The van der Waals surface area contributed by atoms with Crippen molar-refractivity contribution >= 4 is 40.1 Å². The number of aromatic amines is 1. The van der Waals surface area contributed by atoms with E-state index in [0.717, 1.165) is 13.1 Å². The lowest BCUT2D eigenvalue weighted by Gasteiger charge is -2.32. The molecule has 1 fully saturated rings. The summed E-state index contributed by atoms with van der Waals surface area (Å²) in [5.41, 5.74) is 1.17. The number of H-pyrrole nitrogens is 1. The number of anilines is 1. The minimum atomic E-state index is -0.291. The highest BCUT2D eigenvalue weighted by Gasteiger charge is 2.23. The van der Waals surface area contributed by atoms with Gasteiger partial charge in [0.1, 0.15) is 29.3 Å². The van der Waals surface area contributed by atoms with Crippen LogP contribution in [-0.2, 0) is 4.79 Å². The maximum absolute atomic E-state index is 13.5. The number of aromatic nitrogens is 3. The van der Waals surface area contributed by atoms with Crippen LogP contribution in [-0.4, -0.2) is 76.2 Å². The Morgan fingerprint density at radius 1 is 1.03 bits per heavy atom. The molecule has 4 aromatic rings. The zero-order chi connectivity index (χ0) is 25.1. The number of rotatable bonds is 7. The van der Waals surface area contributed by atoms with Gasteiger partial charge < -0.3 is 24.8 Å². The van der Waals surface area contributed by atoms with Crippen molar-refractivity contribution in [3.63, 3.8) is 0 Å². The number of ether oxygens (including phenoxy) is 1. The third-order valence-electron chi connectivity index (χ3n) is 6.14. The summed E-state index contributed by atoms with van der Waals surface area (Å²) in [5.74, 6) is 1.29. The molecule has 0 saturated carbocycles. The number of nitrogens with zero attached hydrogens (tertiary/aromatic N) is 4. The SMILES string of the molecule is CN1CCN(C(=O)CNc2ncnc3[nH]cc(C(=O)c4ccc(Oc5ccccc5)cc4Cl)c23)CC1. The number of nitrogens with one attached hydrogen (secondary N) is 2.